The first-order valence-electron chi connectivity index (χ1n) is 23.5. The van der Waals surface area contributed by atoms with Crippen LogP contribution in [0.2, 0.25) is 0 Å². The second-order valence-electron chi connectivity index (χ2n) is 22.4. The fourth-order valence-electron chi connectivity index (χ4n) is 16.2. The molecule has 8 aliphatic rings. The van der Waals surface area contributed by atoms with Gasteiger partial charge in [-0.2, -0.15) is 0 Å². The van der Waals surface area contributed by atoms with Gasteiger partial charge in [-0.25, -0.2) is 0 Å². The summed E-state index contributed by atoms with van der Waals surface area (Å²) in [4.78, 5) is 23.1. The van der Waals surface area contributed by atoms with Gasteiger partial charge < -0.3 is 9.32 Å². The lowest BCUT2D eigenvalue weighted by Gasteiger charge is -2.58. The molecular weight excluding hydrogens is 692 g/mol. The summed E-state index contributed by atoms with van der Waals surface area (Å²) in [5, 5.41) is 0. The molecule has 0 aliphatic heterocycles. The van der Waals surface area contributed by atoms with E-state index >= 15 is 0 Å². The first-order chi connectivity index (χ1) is 26.0. The summed E-state index contributed by atoms with van der Waals surface area (Å²) in [6.07, 6.45) is 32.0. The average molecular weight is 773 g/mol. The van der Waals surface area contributed by atoms with E-state index in [1.54, 1.807) is 18.1 Å². The minimum atomic E-state index is -0.106. The predicted molar refractivity (Wildman–Crippen MR) is 232 cm³/mol. The van der Waals surface area contributed by atoms with Crippen LogP contribution in [0.1, 0.15) is 184 Å². The van der Waals surface area contributed by atoms with Crippen molar-refractivity contribution in [1.29, 1.82) is 0 Å². The summed E-state index contributed by atoms with van der Waals surface area (Å²) >= 11 is 0. The van der Waals surface area contributed by atoms with E-state index in [0.717, 1.165) is 72.5 Å². The van der Waals surface area contributed by atoms with Gasteiger partial charge in [0.25, 0.3) is 0 Å². The van der Waals surface area contributed by atoms with E-state index in [-0.39, 0.29) is 5.97 Å². The number of hydrogen-bond donors (Lipinski definition) is 0. The summed E-state index contributed by atoms with van der Waals surface area (Å²) in [7, 11) is 2.09. The second-order valence-corrected chi connectivity index (χ2v) is 22.7. The zero-order valence-electron chi connectivity index (χ0n) is 36.8. The van der Waals surface area contributed by atoms with Crippen LogP contribution in [0.15, 0.2) is 34.9 Å². The minimum absolute atomic E-state index is 0.106. The Morgan fingerprint density at radius 1 is 0.691 bits per heavy atom. The second kappa shape index (κ2) is 16.1. The Kier molecular flexibility index (Phi) is 12.3. The summed E-state index contributed by atoms with van der Waals surface area (Å²) in [5.74, 6) is 9.38. The van der Waals surface area contributed by atoms with Crippen molar-refractivity contribution in [3.63, 3.8) is 0 Å². The Hall–Kier alpha value is -1.21. The lowest BCUT2D eigenvalue weighted by molar-refractivity contribution is -0.133. The van der Waals surface area contributed by atoms with Crippen molar-refractivity contribution in [3.8, 4) is 0 Å². The number of carbonyl (C=O) groups excluding carboxylic acids is 2. The monoisotopic (exact) mass is 773 g/mol. The van der Waals surface area contributed by atoms with Crippen molar-refractivity contribution in [2.45, 2.75) is 184 Å². The van der Waals surface area contributed by atoms with Gasteiger partial charge in [0.15, 0.2) is 0 Å². The summed E-state index contributed by atoms with van der Waals surface area (Å²) in [6.45, 7) is 21.8. The highest BCUT2D eigenvalue weighted by molar-refractivity contribution is 7.10. The highest BCUT2D eigenvalue weighted by Gasteiger charge is 2.60. The normalized spacial score (nSPS) is 45.3. The van der Waals surface area contributed by atoms with Crippen LogP contribution in [0.25, 0.3) is 0 Å². The maximum Gasteiger partial charge on any atom is 0.307 e. The van der Waals surface area contributed by atoms with Gasteiger partial charge in [-0.15, -0.1) is 0 Å². The van der Waals surface area contributed by atoms with Crippen LogP contribution < -0.4 is 0 Å². The van der Waals surface area contributed by atoms with Crippen molar-refractivity contribution in [2.75, 3.05) is 0 Å². The Bertz CT molecular complexity index is 1540. The number of rotatable bonds is 8. The van der Waals surface area contributed by atoms with Gasteiger partial charge >= 0.3 is 5.97 Å². The number of ketones is 1. The summed E-state index contributed by atoms with van der Waals surface area (Å²) in [5.41, 5.74) is 7.12. The fraction of sp³-hybridized carbons (Fsp3) is 0.843. The third-order valence-electron chi connectivity index (χ3n) is 19.5. The van der Waals surface area contributed by atoms with Crippen molar-refractivity contribution in [3.05, 3.63) is 34.9 Å². The van der Waals surface area contributed by atoms with Crippen molar-refractivity contribution in [2.24, 2.45) is 86.8 Å². The molecule has 0 radical (unpaired) electrons. The molecule has 0 aromatic carbocycles. The molecule has 0 saturated heterocycles. The molecule has 308 valence electrons. The number of hydrogen-bond acceptors (Lipinski definition) is 3. The number of fused-ring (bicyclic) bond motifs is 10. The highest BCUT2D eigenvalue weighted by Crippen LogP contribution is 2.68. The molecule has 16 atom stereocenters. The van der Waals surface area contributed by atoms with E-state index in [1.807, 2.05) is 5.57 Å². The molecule has 0 amide bonds. The first kappa shape index (κ1) is 41.9. The lowest BCUT2D eigenvalue weighted by atomic mass is 9.46. The molecule has 0 bridgehead atoms. The quantitative estimate of drug-likeness (QED) is 0.182. The van der Waals surface area contributed by atoms with Gasteiger partial charge in [0.1, 0.15) is 5.78 Å². The molecule has 55 heavy (non-hydrogen) atoms. The Balaban J connectivity index is 0.000000169. The van der Waals surface area contributed by atoms with Gasteiger partial charge in [-0.05, 0) is 203 Å². The van der Waals surface area contributed by atoms with Gasteiger partial charge in [-0.3, -0.25) is 4.79 Å². The van der Waals surface area contributed by atoms with Gasteiger partial charge in [-0.1, -0.05) is 90.3 Å². The van der Waals surface area contributed by atoms with Crippen LogP contribution >= 0.6 is 9.47 Å². The van der Waals surface area contributed by atoms with E-state index < -0.39 is 0 Å². The van der Waals surface area contributed by atoms with Crippen LogP contribution in [0, 0.1) is 86.8 Å². The molecule has 0 spiro atoms. The molecule has 0 N–H and O–H groups in total. The molecule has 3 nitrogen and oxygen atoms in total. The maximum absolute atomic E-state index is 11.6. The highest BCUT2D eigenvalue weighted by atomic mass is 31.0. The molecule has 8 aliphatic carbocycles. The number of allylic oxidation sites excluding steroid dienone is 6. The van der Waals surface area contributed by atoms with Crippen LogP contribution in [0.4, 0.5) is 0 Å². The molecule has 5 saturated carbocycles. The average Bonchev–Trinajstić information content (AvgIpc) is 3.70. The number of carbonyl (C=O) groups is 2. The molecule has 0 aromatic heterocycles. The predicted octanol–water partition coefficient (Wildman–Crippen LogP) is 14.1. The molecule has 5 fully saturated rings. The molecule has 8 rings (SSSR count). The van der Waals surface area contributed by atoms with E-state index in [0.29, 0.717) is 45.7 Å². The summed E-state index contributed by atoms with van der Waals surface area (Å²) in [6, 6.07) is 0. The minimum Gasteiger partial charge on any atom is -0.452 e. The third kappa shape index (κ3) is 7.50. The van der Waals surface area contributed by atoms with Crippen LogP contribution in [-0.4, -0.2) is 11.8 Å². The lowest BCUT2D eigenvalue weighted by Crippen LogP contribution is -2.50. The molecule has 4 heteroatoms. The SMILES string of the molecule is CC(=O)CC[C@@H](C)[C@H]1CCC2C3CC=C4C[C@H](C)CC[C@]4(C)C3CC[C@@]21C.C[C@@H]1CC[C@@]2(C)C(=CCC3C2CC[C@]2(C)C([C@H](C)CCC(=O)OP)=CCC32)C1. The van der Waals surface area contributed by atoms with Gasteiger partial charge in [0.05, 0.1) is 9.47 Å². The zero-order chi connectivity index (χ0) is 39.5. The molecule has 0 aromatic rings. The first-order valence-corrected chi connectivity index (χ1v) is 24.0. The Morgan fingerprint density at radius 3 is 1.84 bits per heavy atom. The van der Waals surface area contributed by atoms with Crippen molar-refractivity contribution >= 4 is 21.2 Å². The topological polar surface area (TPSA) is 43.4 Å². The molecule has 0 heterocycles. The van der Waals surface area contributed by atoms with Crippen molar-refractivity contribution in [1.82, 2.24) is 0 Å². The van der Waals surface area contributed by atoms with Crippen LogP contribution in [0.5, 0.6) is 0 Å². The Labute approximate surface area is 340 Å². The maximum atomic E-state index is 11.6. The van der Waals surface area contributed by atoms with E-state index in [2.05, 4.69) is 83.1 Å². The molecular formula is C51H81O3P. The smallest absolute Gasteiger partial charge is 0.307 e. The zero-order valence-corrected chi connectivity index (χ0v) is 38.0. The van der Waals surface area contributed by atoms with Gasteiger partial charge in [0, 0.05) is 12.8 Å². The standard InChI is InChI=1S/C26H42O.C25H39O2P/c1-17-12-14-25(4)20(16-17)8-9-21-23-11-10-22(18(2)6-7-19(3)27)26(23,5)15-13-24(21)25;1-16-11-13-24(3)18(15-16)6-7-19-21-9-8-20(17(2)5-10-23(26)27-28)25(21,4)14-12-22(19)24/h8,17-18,21-24H,6-7,9-16H2,1-5H3;6,8,16-17,19,21-22H,5,7,9-15,28H2,1-4H3/t17-,18-,21?,22-,23?,24?,25+,26-;16-,17-,19?,21?,22?,24+,25-/m11/s1. The van der Waals surface area contributed by atoms with Crippen LogP contribution in [0.3, 0.4) is 0 Å². The third-order valence-corrected chi connectivity index (χ3v) is 19.8. The van der Waals surface area contributed by atoms with E-state index in [4.69, 9.17) is 4.52 Å². The van der Waals surface area contributed by atoms with Gasteiger partial charge in [0.2, 0.25) is 0 Å². The molecule has 7 unspecified atom stereocenters. The van der Waals surface area contributed by atoms with E-state index in [1.165, 1.54) is 96.3 Å². The Morgan fingerprint density at radius 2 is 1.25 bits per heavy atom. The fourth-order valence-corrected chi connectivity index (χ4v) is 16.3. The van der Waals surface area contributed by atoms with Crippen LogP contribution in [-0.2, 0) is 14.1 Å². The summed E-state index contributed by atoms with van der Waals surface area (Å²) < 4.78 is 4.79. The van der Waals surface area contributed by atoms with Crippen molar-refractivity contribution < 1.29 is 14.1 Å². The largest absolute Gasteiger partial charge is 0.452 e. The number of Topliss-reactive ketones (excluding diaryl/α,β-unsaturated/α-hetero) is 1. The van der Waals surface area contributed by atoms with E-state index in [9.17, 15) is 9.59 Å².